The fraction of sp³-hybridized carbons (Fsp3) is 0.0714. The maximum atomic E-state index is 13.9. The van der Waals surface area contributed by atoms with Crippen molar-refractivity contribution >= 4 is 22.6 Å². The summed E-state index contributed by atoms with van der Waals surface area (Å²) in [5, 5.41) is 0. The number of fused-ring (bicyclic) bond motifs is 1. The van der Waals surface area contributed by atoms with Crippen LogP contribution in [0.1, 0.15) is 5.82 Å². The van der Waals surface area contributed by atoms with E-state index in [1.165, 1.54) is 4.57 Å². The van der Waals surface area contributed by atoms with Gasteiger partial charge in [-0.25, -0.2) is 18.2 Å². The molecule has 0 amide bonds. The highest BCUT2D eigenvalue weighted by atomic mass is 35.5. The Bertz CT molecular complexity index is 798. The zero-order valence-electron chi connectivity index (χ0n) is 10.1. The maximum Gasteiger partial charge on any atom is 0.161 e. The zero-order chi connectivity index (χ0) is 14.3. The van der Waals surface area contributed by atoms with Crippen molar-refractivity contribution in [2.75, 3.05) is 0 Å². The normalized spacial score (nSPS) is 11.2. The zero-order valence-corrected chi connectivity index (χ0v) is 10.8. The number of nitrogens with zero attached hydrogens (tertiary/aromatic N) is 2. The Balaban J connectivity index is 2.36. The quantitative estimate of drug-likeness (QED) is 0.512. The van der Waals surface area contributed by atoms with Crippen LogP contribution in [0.3, 0.4) is 0 Å². The fourth-order valence-electron chi connectivity index (χ4n) is 2.12. The number of halogens is 4. The number of rotatable bonds is 2. The molecule has 0 spiro atoms. The number of aromatic nitrogens is 2. The molecule has 0 saturated carbocycles. The molecule has 0 aliphatic heterocycles. The molecule has 0 atom stereocenters. The minimum absolute atomic E-state index is 0.0209. The Labute approximate surface area is 117 Å². The van der Waals surface area contributed by atoms with Gasteiger partial charge in [-0.1, -0.05) is 12.1 Å². The van der Waals surface area contributed by atoms with Gasteiger partial charge in [0.1, 0.15) is 11.6 Å². The molecule has 0 N–H and O–H groups in total. The SMILES string of the molecule is Fc1cc(F)c(-n2c(CCl)nc3ccccc32)cc1F. The fourth-order valence-corrected chi connectivity index (χ4v) is 2.30. The highest BCUT2D eigenvalue weighted by molar-refractivity contribution is 6.17. The molecule has 102 valence electrons. The van der Waals surface area contributed by atoms with E-state index < -0.39 is 17.5 Å². The molecule has 2 aromatic carbocycles. The first-order chi connectivity index (χ1) is 9.61. The highest BCUT2D eigenvalue weighted by Crippen LogP contribution is 2.25. The smallest absolute Gasteiger partial charge is 0.161 e. The van der Waals surface area contributed by atoms with Crippen LogP contribution in [-0.2, 0) is 5.88 Å². The summed E-state index contributed by atoms with van der Waals surface area (Å²) in [4.78, 5) is 4.25. The van der Waals surface area contributed by atoms with Crippen LogP contribution in [-0.4, -0.2) is 9.55 Å². The molecule has 0 fully saturated rings. The topological polar surface area (TPSA) is 17.8 Å². The van der Waals surface area contributed by atoms with Gasteiger partial charge in [-0.15, -0.1) is 11.6 Å². The lowest BCUT2D eigenvalue weighted by molar-refractivity contribution is 0.493. The van der Waals surface area contributed by atoms with Gasteiger partial charge in [0, 0.05) is 12.1 Å². The largest absolute Gasteiger partial charge is 0.292 e. The van der Waals surface area contributed by atoms with Gasteiger partial charge in [0.15, 0.2) is 11.6 Å². The summed E-state index contributed by atoms with van der Waals surface area (Å²) in [6.07, 6.45) is 0. The maximum absolute atomic E-state index is 13.9. The number of hydrogen-bond acceptors (Lipinski definition) is 1. The molecule has 1 aromatic heterocycles. The monoisotopic (exact) mass is 296 g/mol. The van der Waals surface area contributed by atoms with Crippen LogP contribution in [0.2, 0.25) is 0 Å². The third kappa shape index (κ3) is 1.94. The lowest BCUT2D eigenvalue weighted by atomic mass is 10.2. The molecule has 0 bridgehead atoms. The van der Waals surface area contributed by atoms with Gasteiger partial charge in [0.2, 0.25) is 0 Å². The molecule has 1 heterocycles. The van der Waals surface area contributed by atoms with Crippen molar-refractivity contribution in [3.63, 3.8) is 0 Å². The van der Waals surface area contributed by atoms with Crippen molar-refractivity contribution in [2.45, 2.75) is 5.88 Å². The molecule has 3 aromatic rings. The third-order valence-corrected chi connectivity index (χ3v) is 3.22. The average molecular weight is 297 g/mol. The average Bonchev–Trinajstić information content (AvgIpc) is 2.81. The number of benzene rings is 2. The molecule has 0 saturated heterocycles. The molecule has 0 aliphatic rings. The Kier molecular flexibility index (Phi) is 3.14. The predicted molar refractivity (Wildman–Crippen MR) is 70.5 cm³/mol. The van der Waals surface area contributed by atoms with Crippen molar-refractivity contribution < 1.29 is 13.2 Å². The Morgan fingerprint density at radius 2 is 1.70 bits per heavy atom. The van der Waals surface area contributed by atoms with Crippen LogP contribution in [0.5, 0.6) is 0 Å². The molecule has 0 aliphatic carbocycles. The molecule has 0 radical (unpaired) electrons. The van der Waals surface area contributed by atoms with Crippen molar-refractivity contribution in [2.24, 2.45) is 0 Å². The number of hydrogen-bond donors (Lipinski definition) is 0. The summed E-state index contributed by atoms with van der Waals surface area (Å²) in [5.41, 5.74) is 1.06. The molecule has 3 rings (SSSR count). The second-order valence-electron chi connectivity index (χ2n) is 4.20. The second kappa shape index (κ2) is 4.83. The van der Waals surface area contributed by atoms with E-state index in [0.29, 0.717) is 22.9 Å². The van der Waals surface area contributed by atoms with Gasteiger partial charge >= 0.3 is 0 Å². The Morgan fingerprint density at radius 1 is 1.00 bits per heavy atom. The summed E-state index contributed by atoms with van der Waals surface area (Å²) in [7, 11) is 0. The molecular weight excluding hydrogens is 289 g/mol. The van der Waals surface area contributed by atoms with Gasteiger partial charge in [-0.3, -0.25) is 4.57 Å². The van der Waals surface area contributed by atoms with Crippen LogP contribution in [0, 0.1) is 17.5 Å². The van der Waals surface area contributed by atoms with E-state index in [2.05, 4.69) is 4.98 Å². The summed E-state index contributed by atoms with van der Waals surface area (Å²) in [6.45, 7) is 0. The molecule has 6 heteroatoms. The number of imidazole rings is 1. The first-order valence-electron chi connectivity index (χ1n) is 5.79. The van der Waals surface area contributed by atoms with E-state index >= 15 is 0 Å². The van der Waals surface area contributed by atoms with Gasteiger partial charge in [-0.2, -0.15) is 0 Å². The van der Waals surface area contributed by atoms with Crippen LogP contribution < -0.4 is 0 Å². The standard InChI is InChI=1S/C14H8ClF3N2/c15-7-14-19-11-3-1-2-4-12(11)20(14)13-6-9(17)8(16)5-10(13)18/h1-6H,7H2. The second-order valence-corrected chi connectivity index (χ2v) is 4.47. The van der Waals surface area contributed by atoms with Crippen LogP contribution >= 0.6 is 11.6 Å². The van der Waals surface area contributed by atoms with Gasteiger partial charge in [-0.05, 0) is 12.1 Å². The third-order valence-electron chi connectivity index (χ3n) is 2.98. The van der Waals surface area contributed by atoms with Crippen molar-refractivity contribution in [1.29, 1.82) is 0 Å². The van der Waals surface area contributed by atoms with E-state index in [0.717, 1.165) is 6.07 Å². The summed E-state index contributed by atoms with van der Waals surface area (Å²) in [5.74, 6) is -2.85. The van der Waals surface area contributed by atoms with E-state index in [4.69, 9.17) is 11.6 Å². The number of para-hydroxylation sites is 2. The van der Waals surface area contributed by atoms with E-state index in [1.807, 2.05) is 0 Å². The number of alkyl halides is 1. The first kappa shape index (κ1) is 13.0. The molecule has 2 nitrogen and oxygen atoms in total. The predicted octanol–water partition coefficient (Wildman–Crippen LogP) is 4.18. The Hall–Kier alpha value is -2.01. The van der Waals surface area contributed by atoms with Gasteiger partial charge < -0.3 is 0 Å². The van der Waals surface area contributed by atoms with Gasteiger partial charge in [0.05, 0.1) is 22.6 Å². The molecule has 20 heavy (non-hydrogen) atoms. The van der Waals surface area contributed by atoms with Crippen LogP contribution in [0.4, 0.5) is 13.2 Å². The van der Waals surface area contributed by atoms with E-state index in [1.54, 1.807) is 24.3 Å². The lowest BCUT2D eigenvalue weighted by Crippen LogP contribution is -2.04. The van der Waals surface area contributed by atoms with Gasteiger partial charge in [0.25, 0.3) is 0 Å². The van der Waals surface area contributed by atoms with Crippen LogP contribution in [0.25, 0.3) is 16.7 Å². The lowest BCUT2D eigenvalue weighted by Gasteiger charge is -2.09. The minimum Gasteiger partial charge on any atom is -0.292 e. The van der Waals surface area contributed by atoms with Crippen LogP contribution in [0.15, 0.2) is 36.4 Å². The molecular formula is C14H8ClF3N2. The Morgan fingerprint density at radius 3 is 2.45 bits per heavy atom. The summed E-state index contributed by atoms with van der Waals surface area (Å²) in [6, 6.07) is 8.28. The van der Waals surface area contributed by atoms with Crippen molar-refractivity contribution in [1.82, 2.24) is 9.55 Å². The summed E-state index contributed by atoms with van der Waals surface area (Å²) >= 11 is 5.80. The highest BCUT2D eigenvalue weighted by Gasteiger charge is 2.17. The molecule has 0 unspecified atom stereocenters. The van der Waals surface area contributed by atoms with E-state index in [-0.39, 0.29) is 11.6 Å². The van der Waals surface area contributed by atoms with Crippen molar-refractivity contribution in [3.8, 4) is 5.69 Å². The van der Waals surface area contributed by atoms with Crippen molar-refractivity contribution in [3.05, 3.63) is 59.7 Å². The minimum atomic E-state index is -1.23. The first-order valence-corrected chi connectivity index (χ1v) is 6.32. The van der Waals surface area contributed by atoms with E-state index in [9.17, 15) is 13.2 Å². The summed E-state index contributed by atoms with van der Waals surface area (Å²) < 4.78 is 41.7.